The van der Waals surface area contributed by atoms with Crippen molar-refractivity contribution in [3.63, 3.8) is 0 Å². The van der Waals surface area contributed by atoms with Crippen LogP contribution in [0.5, 0.6) is 0 Å². The van der Waals surface area contributed by atoms with Gasteiger partial charge in [0.25, 0.3) is 0 Å². The summed E-state index contributed by atoms with van der Waals surface area (Å²) >= 11 is 0. The minimum Gasteiger partial charge on any atom is -0.351 e. The Labute approximate surface area is 162 Å². The van der Waals surface area contributed by atoms with Gasteiger partial charge in [0.05, 0.1) is 18.8 Å². The number of aromatic nitrogens is 2. The molecule has 2 heterocycles. The van der Waals surface area contributed by atoms with Gasteiger partial charge in [-0.1, -0.05) is 37.3 Å². The molecule has 1 aromatic carbocycles. The molecule has 0 aliphatic carbocycles. The third-order valence-electron chi connectivity index (χ3n) is 5.45. The van der Waals surface area contributed by atoms with Gasteiger partial charge in [-0.2, -0.15) is 5.10 Å². The second-order valence-corrected chi connectivity index (χ2v) is 7.28. The zero-order valence-corrected chi connectivity index (χ0v) is 16.7. The number of carbonyl (C=O) groups is 1. The molecule has 1 fully saturated rings. The molecule has 0 unspecified atom stereocenters. The van der Waals surface area contributed by atoms with Crippen LogP contribution in [0.2, 0.25) is 0 Å². The van der Waals surface area contributed by atoms with Crippen LogP contribution in [0.3, 0.4) is 0 Å². The van der Waals surface area contributed by atoms with E-state index in [2.05, 4.69) is 46.2 Å². The number of nitrogens with zero attached hydrogens (tertiary/aromatic N) is 4. The molecule has 1 N–H and O–H groups in total. The largest absolute Gasteiger partial charge is 0.351 e. The predicted molar refractivity (Wildman–Crippen MR) is 108 cm³/mol. The van der Waals surface area contributed by atoms with Crippen LogP contribution in [0.15, 0.2) is 30.3 Å². The van der Waals surface area contributed by atoms with E-state index in [4.69, 9.17) is 0 Å². The average Bonchev–Trinajstić information content (AvgIpc) is 2.94. The van der Waals surface area contributed by atoms with Gasteiger partial charge in [0.15, 0.2) is 0 Å². The van der Waals surface area contributed by atoms with E-state index in [0.29, 0.717) is 13.1 Å². The van der Waals surface area contributed by atoms with Gasteiger partial charge in [0.2, 0.25) is 5.91 Å². The first-order valence-corrected chi connectivity index (χ1v) is 9.85. The minimum absolute atomic E-state index is 0.0922. The van der Waals surface area contributed by atoms with Crippen molar-refractivity contribution in [2.45, 2.75) is 33.9 Å². The number of hydrogen-bond donors (Lipinski definition) is 1. The summed E-state index contributed by atoms with van der Waals surface area (Å²) < 4.78 is 2.02. The standard InChI is InChI=1S/C21H31N5O/c1-4-24-10-12-25(13-11-24)16-21(27)22-14-20-17(2)23-26(18(20)3)15-19-8-6-5-7-9-19/h5-9H,4,10-16H2,1-3H3,(H,22,27). The fourth-order valence-electron chi connectivity index (χ4n) is 3.61. The fourth-order valence-corrected chi connectivity index (χ4v) is 3.61. The van der Waals surface area contributed by atoms with Crippen LogP contribution in [-0.4, -0.2) is 64.8 Å². The maximum absolute atomic E-state index is 12.4. The zero-order valence-electron chi connectivity index (χ0n) is 16.7. The van der Waals surface area contributed by atoms with Gasteiger partial charge in [-0.3, -0.25) is 14.4 Å². The van der Waals surface area contributed by atoms with E-state index < -0.39 is 0 Å². The number of benzene rings is 1. The molecule has 0 atom stereocenters. The van der Waals surface area contributed by atoms with Crippen LogP contribution >= 0.6 is 0 Å². The summed E-state index contributed by atoms with van der Waals surface area (Å²) in [6, 6.07) is 10.3. The van der Waals surface area contributed by atoms with Crippen molar-refractivity contribution in [3.05, 3.63) is 52.8 Å². The van der Waals surface area contributed by atoms with E-state index >= 15 is 0 Å². The van der Waals surface area contributed by atoms with Crippen LogP contribution in [0.4, 0.5) is 0 Å². The highest BCUT2D eigenvalue weighted by atomic mass is 16.2. The molecule has 27 heavy (non-hydrogen) atoms. The van der Waals surface area contributed by atoms with Gasteiger partial charge < -0.3 is 10.2 Å². The summed E-state index contributed by atoms with van der Waals surface area (Å²) in [6.45, 7) is 13.2. The Balaban J connectivity index is 1.52. The van der Waals surface area contributed by atoms with Crippen molar-refractivity contribution in [2.24, 2.45) is 0 Å². The van der Waals surface area contributed by atoms with Crippen molar-refractivity contribution < 1.29 is 4.79 Å². The number of likely N-dealkylation sites (N-methyl/N-ethyl adjacent to an activating group) is 1. The lowest BCUT2D eigenvalue weighted by Gasteiger charge is -2.33. The summed E-state index contributed by atoms with van der Waals surface area (Å²) in [5.41, 5.74) is 4.45. The molecule has 3 rings (SSSR count). The first kappa shape index (κ1) is 19.6. The minimum atomic E-state index is 0.0922. The number of nitrogens with one attached hydrogen (secondary N) is 1. The summed E-state index contributed by atoms with van der Waals surface area (Å²) in [6.07, 6.45) is 0. The van der Waals surface area contributed by atoms with E-state index in [-0.39, 0.29) is 5.91 Å². The maximum atomic E-state index is 12.4. The third-order valence-corrected chi connectivity index (χ3v) is 5.45. The molecule has 0 bridgehead atoms. The first-order chi connectivity index (χ1) is 13.1. The van der Waals surface area contributed by atoms with E-state index in [0.717, 1.165) is 56.2 Å². The summed E-state index contributed by atoms with van der Waals surface area (Å²) in [4.78, 5) is 17.0. The molecule has 6 heteroatoms. The van der Waals surface area contributed by atoms with Gasteiger partial charge in [-0.25, -0.2) is 0 Å². The highest BCUT2D eigenvalue weighted by molar-refractivity contribution is 5.78. The molecule has 0 radical (unpaired) electrons. The fraction of sp³-hybridized carbons (Fsp3) is 0.524. The number of aryl methyl sites for hydroxylation is 1. The SMILES string of the molecule is CCN1CCN(CC(=O)NCc2c(C)nn(Cc3ccccc3)c2C)CC1. The number of hydrogen-bond acceptors (Lipinski definition) is 4. The normalized spacial score (nSPS) is 15.8. The Hall–Kier alpha value is -2.18. The number of amides is 1. The highest BCUT2D eigenvalue weighted by Gasteiger charge is 2.18. The molecular weight excluding hydrogens is 338 g/mol. The lowest BCUT2D eigenvalue weighted by atomic mass is 10.2. The Bertz CT molecular complexity index is 747. The van der Waals surface area contributed by atoms with Crippen molar-refractivity contribution in [3.8, 4) is 0 Å². The van der Waals surface area contributed by atoms with E-state index in [9.17, 15) is 4.79 Å². The highest BCUT2D eigenvalue weighted by Crippen LogP contribution is 2.14. The average molecular weight is 370 g/mol. The Morgan fingerprint density at radius 2 is 1.74 bits per heavy atom. The molecule has 1 amide bonds. The molecule has 2 aromatic rings. The number of rotatable bonds is 7. The maximum Gasteiger partial charge on any atom is 0.234 e. The molecule has 146 valence electrons. The van der Waals surface area contributed by atoms with Crippen molar-refractivity contribution in [1.29, 1.82) is 0 Å². The second-order valence-electron chi connectivity index (χ2n) is 7.28. The second kappa shape index (κ2) is 9.15. The molecule has 1 saturated heterocycles. The topological polar surface area (TPSA) is 53.4 Å². The zero-order chi connectivity index (χ0) is 19.2. The Morgan fingerprint density at radius 3 is 2.41 bits per heavy atom. The lowest BCUT2D eigenvalue weighted by molar-refractivity contribution is -0.122. The van der Waals surface area contributed by atoms with Gasteiger partial charge >= 0.3 is 0 Å². The monoisotopic (exact) mass is 369 g/mol. The van der Waals surface area contributed by atoms with E-state index in [1.165, 1.54) is 5.56 Å². The molecule has 1 aromatic heterocycles. The number of carbonyl (C=O) groups excluding carboxylic acids is 1. The van der Waals surface area contributed by atoms with Crippen molar-refractivity contribution >= 4 is 5.91 Å². The Kier molecular flexibility index (Phi) is 6.63. The molecule has 0 spiro atoms. The Morgan fingerprint density at radius 1 is 1.07 bits per heavy atom. The van der Waals surface area contributed by atoms with Crippen LogP contribution < -0.4 is 5.32 Å². The van der Waals surface area contributed by atoms with Gasteiger partial charge in [-0.15, -0.1) is 0 Å². The summed E-state index contributed by atoms with van der Waals surface area (Å²) in [5.74, 6) is 0.0922. The lowest BCUT2D eigenvalue weighted by Crippen LogP contribution is -2.49. The quantitative estimate of drug-likeness (QED) is 0.809. The molecule has 1 aliphatic rings. The van der Waals surface area contributed by atoms with Gasteiger partial charge in [-0.05, 0) is 26.0 Å². The first-order valence-electron chi connectivity index (χ1n) is 9.85. The van der Waals surface area contributed by atoms with E-state index in [1.54, 1.807) is 0 Å². The van der Waals surface area contributed by atoms with E-state index in [1.807, 2.05) is 29.8 Å². The van der Waals surface area contributed by atoms with Gasteiger partial charge in [0, 0.05) is 44.0 Å². The summed E-state index contributed by atoms with van der Waals surface area (Å²) in [5, 5.41) is 7.75. The molecule has 1 aliphatic heterocycles. The molecule has 6 nitrogen and oxygen atoms in total. The smallest absolute Gasteiger partial charge is 0.234 e. The number of piperazine rings is 1. The molecule has 0 saturated carbocycles. The van der Waals surface area contributed by atoms with Crippen molar-refractivity contribution in [2.75, 3.05) is 39.3 Å². The van der Waals surface area contributed by atoms with Crippen LogP contribution in [0, 0.1) is 13.8 Å². The van der Waals surface area contributed by atoms with Crippen LogP contribution in [0.25, 0.3) is 0 Å². The summed E-state index contributed by atoms with van der Waals surface area (Å²) in [7, 11) is 0. The predicted octanol–water partition coefficient (Wildman–Crippen LogP) is 1.80. The third kappa shape index (κ3) is 5.17. The van der Waals surface area contributed by atoms with Crippen LogP contribution in [-0.2, 0) is 17.9 Å². The van der Waals surface area contributed by atoms with Crippen molar-refractivity contribution in [1.82, 2.24) is 24.9 Å². The van der Waals surface area contributed by atoms with Crippen LogP contribution in [0.1, 0.15) is 29.4 Å². The molecular formula is C21H31N5O. The van der Waals surface area contributed by atoms with Gasteiger partial charge in [0.1, 0.15) is 0 Å².